The van der Waals surface area contributed by atoms with Gasteiger partial charge < -0.3 is 9.42 Å². The lowest BCUT2D eigenvalue weighted by Gasteiger charge is -2.25. The topological polar surface area (TPSA) is 70.1 Å². The van der Waals surface area contributed by atoms with E-state index in [4.69, 9.17) is 9.78 Å². The lowest BCUT2D eigenvalue weighted by Crippen LogP contribution is -2.39. The molecule has 5 nitrogen and oxygen atoms in total. The average molecular weight is 233 g/mol. The summed E-state index contributed by atoms with van der Waals surface area (Å²) in [5, 5.41) is 12.5. The zero-order valence-corrected chi connectivity index (χ0v) is 9.85. The molecule has 5 heteroatoms. The summed E-state index contributed by atoms with van der Waals surface area (Å²) >= 11 is 0. The van der Waals surface area contributed by atoms with Crippen molar-refractivity contribution in [2.24, 2.45) is 0 Å². The predicted octanol–water partition coefficient (Wildman–Crippen LogP) is 1.89. The van der Waals surface area contributed by atoms with Crippen molar-refractivity contribution in [3.05, 3.63) is 17.5 Å². The monoisotopic (exact) mass is 233 g/mol. The van der Waals surface area contributed by atoms with E-state index < -0.39 is 0 Å². The normalized spacial score (nSPS) is 15.8. The van der Waals surface area contributed by atoms with Crippen molar-refractivity contribution in [1.82, 2.24) is 10.1 Å². The van der Waals surface area contributed by atoms with Gasteiger partial charge in [-0.2, -0.15) is 5.26 Å². The minimum Gasteiger partial charge on any atom is -0.364 e. The first-order valence-electron chi connectivity index (χ1n) is 5.83. The molecular formula is C12H15N3O2. The summed E-state index contributed by atoms with van der Waals surface area (Å²) in [4.78, 5) is 13.9. The van der Waals surface area contributed by atoms with Gasteiger partial charge in [0.25, 0.3) is 5.91 Å². The molecule has 1 fully saturated rings. The molecule has 0 atom stereocenters. The highest BCUT2D eigenvalue weighted by Crippen LogP contribution is 2.25. The van der Waals surface area contributed by atoms with Crippen molar-refractivity contribution in [3.8, 4) is 6.07 Å². The summed E-state index contributed by atoms with van der Waals surface area (Å²) in [5.74, 6) is -0.141. The molecule has 0 unspecified atom stereocenters. The zero-order chi connectivity index (χ0) is 12.3. The van der Waals surface area contributed by atoms with Gasteiger partial charge in [-0.3, -0.25) is 4.79 Å². The Labute approximate surface area is 100.0 Å². The summed E-state index contributed by atoms with van der Waals surface area (Å²) in [6.07, 6.45) is 5.58. The van der Waals surface area contributed by atoms with Crippen LogP contribution in [0.2, 0.25) is 0 Å². The molecule has 1 aromatic rings. The first-order valence-corrected chi connectivity index (χ1v) is 5.83. The molecule has 0 radical (unpaired) electrons. The van der Waals surface area contributed by atoms with Gasteiger partial charge in [0.05, 0.1) is 11.8 Å². The van der Waals surface area contributed by atoms with Crippen molar-refractivity contribution < 1.29 is 9.32 Å². The molecule has 2 rings (SSSR count). The van der Waals surface area contributed by atoms with Gasteiger partial charge in [0.15, 0.2) is 0 Å². The average Bonchev–Trinajstić information content (AvgIpc) is 2.95. The molecule has 1 aliphatic rings. The fraction of sp³-hybridized carbons (Fsp3) is 0.583. The molecule has 0 aliphatic heterocycles. The number of aromatic nitrogens is 1. The Morgan fingerprint density at radius 1 is 1.65 bits per heavy atom. The number of rotatable bonds is 3. The van der Waals surface area contributed by atoms with Gasteiger partial charge >= 0.3 is 0 Å². The van der Waals surface area contributed by atoms with Crippen LogP contribution in [-0.2, 0) is 0 Å². The van der Waals surface area contributed by atoms with Gasteiger partial charge in [-0.25, -0.2) is 0 Å². The lowest BCUT2D eigenvalue weighted by atomic mass is 10.1. The quantitative estimate of drug-likeness (QED) is 0.747. The van der Waals surface area contributed by atoms with Gasteiger partial charge in [0, 0.05) is 6.04 Å². The molecule has 0 spiro atoms. The molecule has 1 aliphatic carbocycles. The Balaban J connectivity index is 2.19. The predicted molar refractivity (Wildman–Crippen MR) is 60.1 cm³/mol. The third-order valence-electron chi connectivity index (χ3n) is 3.25. The minimum absolute atomic E-state index is 0.133. The van der Waals surface area contributed by atoms with Crippen molar-refractivity contribution in [2.45, 2.75) is 38.6 Å². The third kappa shape index (κ3) is 2.31. The van der Waals surface area contributed by atoms with E-state index in [2.05, 4.69) is 11.2 Å². The molecular weight excluding hydrogens is 218 g/mol. The number of amides is 1. The van der Waals surface area contributed by atoms with Crippen molar-refractivity contribution in [1.29, 1.82) is 5.26 Å². The molecule has 17 heavy (non-hydrogen) atoms. The Morgan fingerprint density at radius 2 is 2.35 bits per heavy atom. The lowest BCUT2D eigenvalue weighted by molar-refractivity contribution is 0.0708. The molecule has 90 valence electrons. The summed E-state index contributed by atoms with van der Waals surface area (Å²) in [6.45, 7) is 1.87. The van der Waals surface area contributed by atoms with Crippen LogP contribution in [-0.4, -0.2) is 28.6 Å². The molecule has 1 heterocycles. The second-order valence-electron chi connectivity index (χ2n) is 4.34. The van der Waals surface area contributed by atoms with E-state index in [1.54, 1.807) is 11.8 Å². The second kappa shape index (κ2) is 5.00. The van der Waals surface area contributed by atoms with E-state index >= 15 is 0 Å². The number of nitrogens with zero attached hydrogens (tertiary/aromatic N) is 3. The van der Waals surface area contributed by atoms with E-state index in [9.17, 15) is 4.79 Å². The minimum atomic E-state index is -0.141. The zero-order valence-electron chi connectivity index (χ0n) is 9.85. The Morgan fingerprint density at radius 3 is 2.88 bits per heavy atom. The van der Waals surface area contributed by atoms with Crippen molar-refractivity contribution in [3.63, 3.8) is 0 Å². The Hall–Kier alpha value is -1.83. The van der Waals surface area contributed by atoms with Crippen LogP contribution >= 0.6 is 0 Å². The van der Waals surface area contributed by atoms with E-state index in [1.807, 2.05) is 0 Å². The highest BCUT2D eigenvalue weighted by atomic mass is 16.5. The maximum atomic E-state index is 12.3. The summed E-state index contributed by atoms with van der Waals surface area (Å²) in [5.41, 5.74) is 1.04. The van der Waals surface area contributed by atoms with E-state index in [1.165, 1.54) is 6.26 Å². The van der Waals surface area contributed by atoms with Crippen LogP contribution in [0.5, 0.6) is 0 Å². The summed E-state index contributed by atoms with van der Waals surface area (Å²) in [6, 6.07) is 2.25. The van der Waals surface area contributed by atoms with Gasteiger partial charge in [0.2, 0.25) is 0 Å². The number of carbonyl (C=O) groups excluding carboxylic acids is 1. The van der Waals surface area contributed by atoms with Gasteiger partial charge in [-0.1, -0.05) is 18.0 Å². The summed E-state index contributed by atoms with van der Waals surface area (Å²) < 4.78 is 4.78. The first kappa shape index (κ1) is 11.6. The largest absolute Gasteiger partial charge is 0.364 e. The molecule has 0 saturated heterocycles. The van der Waals surface area contributed by atoms with Crippen molar-refractivity contribution in [2.75, 3.05) is 6.54 Å². The smallest absolute Gasteiger partial charge is 0.260 e. The maximum Gasteiger partial charge on any atom is 0.260 e. The fourth-order valence-electron chi connectivity index (χ4n) is 2.31. The van der Waals surface area contributed by atoms with Gasteiger partial charge in [-0.05, 0) is 19.8 Å². The molecule has 0 N–H and O–H groups in total. The maximum absolute atomic E-state index is 12.3. The number of aryl methyl sites for hydroxylation is 1. The van der Waals surface area contributed by atoms with Crippen LogP contribution in [0.3, 0.4) is 0 Å². The molecule has 1 amide bonds. The van der Waals surface area contributed by atoms with E-state index in [-0.39, 0.29) is 18.5 Å². The standard InChI is InChI=1S/C12H15N3O2/c1-9-11(8-17-14-9)12(16)15(7-6-13)10-4-2-3-5-10/h8,10H,2-5,7H2,1H3. The third-order valence-corrected chi connectivity index (χ3v) is 3.25. The number of hydrogen-bond acceptors (Lipinski definition) is 4. The molecule has 1 aromatic heterocycles. The number of hydrogen-bond donors (Lipinski definition) is 0. The summed E-state index contributed by atoms with van der Waals surface area (Å²) in [7, 11) is 0. The van der Waals surface area contributed by atoms with Gasteiger partial charge in [0.1, 0.15) is 18.4 Å². The van der Waals surface area contributed by atoms with Crippen LogP contribution in [0.4, 0.5) is 0 Å². The number of carbonyl (C=O) groups is 1. The molecule has 0 bridgehead atoms. The van der Waals surface area contributed by atoms with Crippen LogP contribution in [0, 0.1) is 18.3 Å². The first-order chi connectivity index (χ1) is 8.24. The fourth-order valence-corrected chi connectivity index (χ4v) is 2.31. The van der Waals surface area contributed by atoms with Crippen LogP contribution in [0.1, 0.15) is 41.7 Å². The second-order valence-corrected chi connectivity index (χ2v) is 4.34. The molecule has 1 saturated carbocycles. The Kier molecular flexibility index (Phi) is 3.43. The highest BCUT2D eigenvalue weighted by Gasteiger charge is 2.28. The SMILES string of the molecule is Cc1nocc1C(=O)N(CC#N)C1CCCC1. The molecule has 0 aromatic carbocycles. The van der Waals surface area contributed by atoms with E-state index in [0.29, 0.717) is 11.3 Å². The van der Waals surface area contributed by atoms with Gasteiger partial charge in [-0.15, -0.1) is 0 Å². The van der Waals surface area contributed by atoms with Crippen LogP contribution < -0.4 is 0 Å². The van der Waals surface area contributed by atoms with Crippen LogP contribution in [0.15, 0.2) is 10.8 Å². The van der Waals surface area contributed by atoms with Crippen LogP contribution in [0.25, 0.3) is 0 Å². The highest BCUT2D eigenvalue weighted by molar-refractivity contribution is 5.95. The Bertz CT molecular complexity index is 441. The van der Waals surface area contributed by atoms with E-state index in [0.717, 1.165) is 25.7 Å². The number of nitriles is 1. The van der Waals surface area contributed by atoms with Crippen molar-refractivity contribution >= 4 is 5.91 Å².